The molecule has 5 nitrogen and oxygen atoms in total. The Hall–Kier alpha value is -2.11. The number of carbonyl (C=O) groups excluding carboxylic acids is 1. The van der Waals surface area contributed by atoms with Gasteiger partial charge in [-0.05, 0) is 55.6 Å². The average Bonchev–Trinajstić information content (AvgIpc) is 2.96. The molecule has 1 aromatic heterocycles. The smallest absolute Gasteiger partial charge is 0.251 e. The molecular formula is C19H20ClN3O2. The minimum Gasteiger partial charge on any atom is -0.439 e. The first-order chi connectivity index (χ1) is 12.2. The maximum Gasteiger partial charge on any atom is 0.251 e. The van der Waals surface area contributed by atoms with E-state index in [0.717, 1.165) is 18.9 Å². The largest absolute Gasteiger partial charge is 0.439 e. The normalized spacial score (nSPS) is 24.8. The van der Waals surface area contributed by atoms with Crippen molar-refractivity contribution >= 4 is 17.5 Å². The van der Waals surface area contributed by atoms with Crippen LogP contribution in [0.4, 0.5) is 0 Å². The zero-order valence-corrected chi connectivity index (χ0v) is 14.6. The molecule has 2 fully saturated rings. The zero-order valence-electron chi connectivity index (χ0n) is 13.8. The van der Waals surface area contributed by atoms with Crippen molar-refractivity contribution in [2.24, 2.45) is 5.92 Å². The van der Waals surface area contributed by atoms with Crippen LogP contribution >= 0.6 is 11.6 Å². The number of amides is 1. The third kappa shape index (κ3) is 3.94. The Morgan fingerprint density at radius 2 is 2.04 bits per heavy atom. The molecule has 2 aliphatic heterocycles. The van der Waals surface area contributed by atoms with Crippen LogP contribution in [-0.4, -0.2) is 41.5 Å². The Balaban J connectivity index is 1.36. The number of hydrogen-bond donors (Lipinski definition) is 1. The summed E-state index contributed by atoms with van der Waals surface area (Å²) in [4.78, 5) is 19.0. The van der Waals surface area contributed by atoms with Gasteiger partial charge >= 0.3 is 0 Å². The Kier molecular flexibility index (Phi) is 4.59. The monoisotopic (exact) mass is 357 g/mol. The third-order valence-corrected chi connectivity index (χ3v) is 5.06. The lowest BCUT2D eigenvalue weighted by Gasteiger charge is -2.30. The molecular weight excluding hydrogens is 338 g/mol. The highest BCUT2D eigenvalue weighted by Gasteiger charge is 2.32. The summed E-state index contributed by atoms with van der Waals surface area (Å²) < 4.78 is 5.65. The van der Waals surface area contributed by atoms with Gasteiger partial charge in [0, 0.05) is 37.0 Å². The first kappa shape index (κ1) is 16.4. The molecule has 6 heteroatoms. The Morgan fingerprint density at radius 1 is 1.20 bits per heavy atom. The highest BCUT2D eigenvalue weighted by atomic mass is 35.5. The van der Waals surface area contributed by atoms with E-state index in [4.69, 9.17) is 16.3 Å². The van der Waals surface area contributed by atoms with Crippen molar-refractivity contribution in [1.29, 1.82) is 0 Å². The summed E-state index contributed by atoms with van der Waals surface area (Å²) in [6.07, 6.45) is 3.88. The van der Waals surface area contributed by atoms with Gasteiger partial charge in [0.05, 0.1) is 5.02 Å². The number of piperidine rings is 1. The van der Waals surface area contributed by atoms with Gasteiger partial charge in [-0.15, -0.1) is 0 Å². The number of ether oxygens (including phenoxy) is 1. The number of benzene rings is 1. The minimum absolute atomic E-state index is 0.0244. The number of nitrogens with zero attached hydrogens (tertiary/aromatic N) is 2. The molecule has 130 valence electrons. The Bertz CT molecular complexity index is 736. The van der Waals surface area contributed by atoms with Crippen molar-refractivity contribution in [3.8, 4) is 11.6 Å². The molecule has 2 saturated heterocycles. The molecule has 0 spiro atoms. The number of halogens is 1. The number of fused-ring (bicyclic) bond motifs is 2. The summed E-state index contributed by atoms with van der Waals surface area (Å²) in [7, 11) is 0. The minimum atomic E-state index is -0.0244. The van der Waals surface area contributed by atoms with Crippen LogP contribution in [0.5, 0.6) is 11.6 Å². The van der Waals surface area contributed by atoms with Crippen molar-refractivity contribution < 1.29 is 9.53 Å². The lowest BCUT2D eigenvalue weighted by molar-refractivity contribution is 0.0909. The van der Waals surface area contributed by atoms with Crippen molar-refractivity contribution in [2.75, 3.05) is 19.6 Å². The van der Waals surface area contributed by atoms with Crippen LogP contribution in [0.1, 0.15) is 23.2 Å². The van der Waals surface area contributed by atoms with Gasteiger partial charge in [0.25, 0.3) is 5.91 Å². The second-order valence-electron chi connectivity index (χ2n) is 6.76. The van der Waals surface area contributed by atoms with Crippen molar-refractivity contribution in [3.63, 3.8) is 0 Å². The van der Waals surface area contributed by atoms with E-state index in [9.17, 15) is 4.79 Å². The van der Waals surface area contributed by atoms with E-state index in [2.05, 4.69) is 15.2 Å². The first-order valence-corrected chi connectivity index (χ1v) is 8.96. The third-order valence-electron chi connectivity index (χ3n) is 4.84. The second-order valence-corrected chi connectivity index (χ2v) is 7.20. The fourth-order valence-corrected chi connectivity index (χ4v) is 3.76. The molecule has 0 radical (unpaired) electrons. The molecule has 1 unspecified atom stereocenters. The van der Waals surface area contributed by atoms with E-state index in [-0.39, 0.29) is 11.9 Å². The summed E-state index contributed by atoms with van der Waals surface area (Å²) in [6.45, 7) is 3.32. The summed E-state index contributed by atoms with van der Waals surface area (Å²) in [6, 6.07) is 10.8. The molecule has 0 aliphatic carbocycles. The molecule has 1 aromatic carbocycles. The van der Waals surface area contributed by atoms with Gasteiger partial charge in [0.2, 0.25) is 5.88 Å². The number of nitrogens with one attached hydrogen (secondary N) is 1. The molecule has 0 saturated carbocycles. The quantitative estimate of drug-likeness (QED) is 0.911. The number of pyridine rings is 1. The standard InChI is InChI=1S/C19H20ClN3O2/c20-15-3-6-18(21-10-15)25-17-4-1-14(2-5-17)19(24)22-16-9-13-7-8-23(11-13)12-16/h1-6,10,13,16H,7-9,11-12H2,(H,22,24)/t13-,16-/m1/s1. The van der Waals surface area contributed by atoms with Crippen molar-refractivity contribution in [2.45, 2.75) is 18.9 Å². The van der Waals surface area contributed by atoms with Crippen LogP contribution in [0.2, 0.25) is 5.02 Å². The second kappa shape index (κ2) is 7.02. The van der Waals surface area contributed by atoms with Gasteiger partial charge in [-0.2, -0.15) is 0 Å². The van der Waals surface area contributed by atoms with Gasteiger partial charge in [-0.1, -0.05) is 11.6 Å². The van der Waals surface area contributed by atoms with E-state index in [1.807, 2.05) is 0 Å². The maximum absolute atomic E-state index is 12.5. The van der Waals surface area contributed by atoms with Crippen molar-refractivity contribution in [1.82, 2.24) is 15.2 Å². The van der Waals surface area contributed by atoms with Crippen LogP contribution in [0.15, 0.2) is 42.6 Å². The fraction of sp³-hybridized carbons (Fsp3) is 0.368. The SMILES string of the molecule is O=C(N[C@@H]1C[C@H]2CCN(C2)C1)c1ccc(Oc2ccc(Cl)cn2)cc1. The molecule has 25 heavy (non-hydrogen) atoms. The first-order valence-electron chi connectivity index (χ1n) is 8.58. The fourth-order valence-electron chi connectivity index (χ4n) is 3.65. The van der Waals surface area contributed by atoms with E-state index < -0.39 is 0 Å². The summed E-state index contributed by atoms with van der Waals surface area (Å²) in [5.74, 6) is 1.81. The van der Waals surface area contributed by atoms with Gasteiger partial charge in [0.1, 0.15) is 5.75 Å². The molecule has 3 heterocycles. The topological polar surface area (TPSA) is 54.5 Å². The average molecular weight is 358 g/mol. The van der Waals surface area contributed by atoms with Crippen LogP contribution < -0.4 is 10.1 Å². The van der Waals surface area contributed by atoms with Gasteiger partial charge in [-0.3, -0.25) is 4.79 Å². The van der Waals surface area contributed by atoms with Crippen LogP contribution in [0.3, 0.4) is 0 Å². The Morgan fingerprint density at radius 3 is 2.76 bits per heavy atom. The molecule has 1 amide bonds. The highest BCUT2D eigenvalue weighted by molar-refractivity contribution is 6.30. The number of carbonyl (C=O) groups is 1. The number of hydrogen-bond acceptors (Lipinski definition) is 4. The predicted molar refractivity (Wildman–Crippen MR) is 96.2 cm³/mol. The molecule has 2 aromatic rings. The summed E-state index contributed by atoms with van der Waals surface area (Å²) in [5, 5.41) is 3.72. The number of aromatic nitrogens is 1. The zero-order chi connectivity index (χ0) is 17.2. The number of rotatable bonds is 4. The molecule has 4 rings (SSSR count). The van der Waals surface area contributed by atoms with Crippen LogP contribution in [0.25, 0.3) is 0 Å². The molecule has 3 atom stereocenters. The highest BCUT2D eigenvalue weighted by Crippen LogP contribution is 2.27. The van der Waals surface area contributed by atoms with Gasteiger partial charge < -0.3 is 15.0 Å². The summed E-state index contributed by atoms with van der Waals surface area (Å²) in [5.41, 5.74) is 0.643. The van der Waals surface area contributed by atoms with E-state index in [0.29, 0.717) is 22.2 Å². The van der Waals surface area contributed by atoms with E-state index >= 15 is 0 Å². The van der Waals surface area contributed by atoms with Crippen molar-refractivity contribution in [3.05, 3.63) is 53.2 Å². The van der Waals surface area contributed by atoms with E-state index in [1.165, 1.54) is 25.7 Å². The maximum atomic E-state index is 12.5. The van der Waals surface area contributed by atoms with Gasteiger partial charge in [0.15, 0.2) is 0 Å². The molecule has 2 bridgehead atoms. The molecule has 2 aliphatic rings. The lowest BCUT2D eigenvalue weighted by atomic mass is 9.96. The van der Waals surface area contributed by atoms with E-state index in [1.54, 1.807) is 36.4 Å². The molecule has 1 N–H and O–H groups in total. The summed E-state index contributed by atoms with van der Waals surface area (Å²) >= 11 is 5.81. The Labute approximate surface area is 152 Å². The predicted octanol–water partition coefficient (Wildman–Crippen LogP) is 3.35. The van der Waals surface area contributed by atoms with Crippen LogP contribution in [0, 0.1) is 5.92 Å². The van der Waals surface area contributed by atoms with Gasteiger partial charge in [-0.25, -0.2) is 4.98 Å². The van der Waals surface area contributed by atoms with Crippen LogP contribution in [-0.2, 0) is 0 Å². The lowest BCUT2D eigenvalue weighted by Crippen LogP contribution is -2.46.